The summed E-state index contributed by atoms with van der Waals surface area (Å²) >= 11 is 0. The lowest BCUT2D eigenvalue weighted by Crippen LogP contribution is -2.22. The van der Waals surface area contributed by atoms with Gasteiger partial charge in [-0.05, 0) is 25.5 Å². The number of aromatic nitrogens is 2. The Morgan fingerprint density at radius 3 is 2.65 bits per heavy atom. The average molecular weight is 274 g/mol. The summed E-state index contributed by atoms with van der Waals surface area (Å²) in [5.41, 5.74) is 10.2. The number of para-hydroxylation sites is 1. The molecule has 0 aliphatic rings. The summed E-state index contributed by atoms with van der Waals surface area (Å²) in [7, 11) is 3.53. The van der Waals surface area contributed by atoms with E-state index in [4.69, 9.17) is 10.5 Å². The van der Waals surface area contributed by atoms with Crippen LogP contribution in [0.15, 0.2) is 24.3 Å². The quantitative estimate of drug-likeness (QED) is 0.877. The van der Waals surface area contributed by atoms with Crippen LogP contribution < -0.4 is 15.8 Å². The molecule has 0 spiro atoms. The van der Waals surface area contributed by atoms with E-state index in [-0.39, 0.29) is 6.04 Å². The number of nitrogens with two attached hydrogens (primary N) is 1. The van der Waals surface area contributed by atoms with Crippen molar-refractivity contribution >= 4 is 5.69 Å². The molecule has 2 rings (SSSR count). The third-order valence-corrected chi connectivity index (χ3v) is 3.47. The summed E-state index contributed by atoms with van der Waals surface area (Å²) < 4.78 is 7.20. The lowest BCUT2D eigenvalue weighted by Gasteiger charge is -2.20. The maximum Gasteiger partial charge on any atom is 0.216 e. The van der Waals surface area contributed by atoms with E-state index in [9.17, 15) is 0 Å². The summed E-state index contributed by atoms with van der Waals surface area (Å²) in [6.45, 7) is 4.51. The first kappa shape index (κ1) is 14.4. The number of methoxy groups -OCH3 is 1. The average Bonchev–Trinajstić information content (AvgIpc) is 2.72. The normalized spacial score (nSPS) is 12.2. The summed E-state index contributed by atoms with van der Waals surface area (Å²) in [4.78, 5) is 0. The maximum absolute atomic E-state index is 5.95. The molecule has 0 saturated heterocycles. The lowest BCUT2D eigenvalue weighted by molar-refractivity contribution is 0.367. The fraction of sp³-hybridized carbons (Fsp3) is 0.400. The molecule has 5 nitrogen and oxygen atoms in total. The Morgan fingerprint density at radius 1 is 1.35 bits per heavy atom. The maximum atomic E-state index is 5.95. The third-order valence-electron chi connectivity index (χ3n) is 3.47. The van der Waals surface area contributed by atoms with Crippen molar-refractivity contribution < 1.29 is 4.74 Å². The molecule has 108 valence electrons. The Morgan fingerprint density at radius 2 is 2.05 bits per heavy atom. The predicted molar refractivity (Wildman–Crippen MR) is 81.1 cm³/mol. The van der Waals surface area contributed by atoms with Crippen LogP contribution in [0.2, 0.25) is 0 Å². The van der Waals surface area contributed by atoms with Gasteiger partial charge < -0.3 is 15.8 Å². The monoisotopic (exact) mass is 274 g/mol. The summed E-state index contributed by atoms with van der Waals surface area (Å²) in [5.74, 6) is 0.749. The van der Waals surface area contributed by atoms with Crippen molar-refractivity contribution in [3.05, 3.63) is 41.1 Å². The summed E-state index contributed by atoms with van der Waals surface area (Å²) in [5, 5.41) is 7.89. The molecule has 1 aromatic carbocycles. The molecule has 1 atom stereocenters. The van der Waals surface area contributed by atoms with Crippen molar-refractivity contribution in [3.63, 3.8) is 0 Å². The Hall–Kier alpha value is -2.01. The van der Waals surface area contributed by atoms with Crippen molar-refractivity contribution in [1.29, 1.82) is 0 Å². The van der Waals surface area contributed by atoms with Crippen molar-refractivity contribution in [2.24, 2.45) is 12.8 Å². The number of aryl methyl sites for hydroxylation is 3. The van der Waals surface area contributed by atoms with Gasteiger partial charge in [0.05, 0.1) is 24.4 Å². The summed E-state index contributed by atoms with van der Waals surface area (Å²) in [6, 6.07) is 8.13. The van der Waals surface area contributed by atoms with E-state index in [0.717, 1.165) is 22.8 Å². The van der Waals surface area contributed by atoms with Crippen molar-refractivity contribution in [1.82, 2.24) is 9.78 Å². The second-order valence-corrected chi connectivity index (χ2v) is 4.88. The molecule has 0 bridgehead atoms. The van der Waals surface area contributed by atoms with Gasteiger partial charge in [0, 0.05) is 19.3 Å². The van der Waals surface area contributed by atoms with Crippen molar-refractivity contribution in [3.8, 4) is 5.88 Å². The highest BCUT2D eigenvalue weighted by Gasteiger charge is 2.22. The minimum Gasteiger partial charge on any atom is -0.481 e. The van der Waals surface area contributed by atoms with E-state index in [1.165, 1.54) is 5.56 Å². The highest BCUT2D eigenvalue weighted by Crippen LogP contribution is 2.30. The van der Waals surface area contributed by atoms with Crippen LogP contribution >= 0.6 is 0 Å². The Labute approximate surface area is 119 Å². The molecule has 5 heteroatoms. The highest BCUT2D eigenvalue weighted by atomic mass is 16.5. The SMILES string of the molecule is COc1c(C(CN)Nc2ccccc2C)c(C)nn1C. The number of benzene rings is 1. The highest BCUT2D eigenvalue weighted by molar-refractivity contribution is 5.53. The van der Waals surface area contributed by atoms with Crippen LogP contribution in [0.5, 0.6) is 5.88 Å². The number of nitrogens with one attached hydrogen (secondary N) is 1. The van der Waals surface area contributed by atoms with Crippen LogP contribution in [-0.2, 0) is 7.05 Å². The number of ether oxygens (including phenoxy) is 1. The molecule has 0 amide bonds. The third kappa shape index (κ3) is 2.63. The van der Waals surface area contributed by atoms with Crippen LogP contribution in [0, 0.1) is 13.8 Å². The Bertz CT molecular complexity index is 592. The largest absolute Gasteiger partial charge is 0.481 e. The van der Waals surface area contributed by atoms with Crippen LogP contribution in [0.1, 0.15) is 22.9 Å². The fourth-order valence-electron chi connectivity index (χ4n) is 2.47. The van der Waals surface area contributed by atoms with Gasteiger partial charge in [0.25, 0.3) is 0 Å². The fourth-order valence-corrected chi connectivity index (χ4v) is 2.47. The molecule has 3 N–H and O–H groups in total. The minimum atomic E-state index is -0.0280. The number of anilines is 1. The minimum absolute atomic E-state index is 0.0280. The smallest absolute Gasteiger partial charge is 0.216 e. The van der Waals surface area contributed by atoms with E-state index in [1.807, 2.05) is 26.1 Å². The van der Waals surface area contributed by atoms with Gasteiger partial charge in [-0.15, -0.1) is 0 Å². The zero-order valence-corrected chi connectivity index (χ0v) is 12.5. The first-order valence-electron chi connectivity index (χ1n) is 6.68. The van der Waals surface area contributed by atoms with Gasteiger partial charge in [-0.2, -0.15) is 5.10 Å². The molecule has 0 aliphatic heterocycles. The zero-order valence-electron chi connectivity index (χ0n) is 12.5. The zero-order chi connectivity index (χ0) is 14.7. The molecular weight excluding hydrogens is 252 g/mol. The molecule has 0 fully saturated rings. The lowest BCUT2D eigenvalue weighted by atomic mass is 10.1. The van der Waals surface area contributed by atoms with Gasteiger partial charge in [-0.1, -0.05) is 18.2 Å². The molecule has 20 heavy (non-hydrogen) atoms. The Kier molecular flexibility index (Phi) is 4.29. The van der Waals surface area contributed by atoms with Gasteiger partial charge >= 0.3 is 0 Å². The molecular formula is C15H22N4O. The number of rotatable bonds is 5. The van der Waals surface area contributed by atoms with E-state index in [0.29, 0.717) is 6.54 Å². The van der Waals surface area contributed by atoms with Gasteiger partial charge in [0.2, 0.25) is 5.88 Å². The van der Waals surface area contributed by atoms with Crippen LogP contribution in [-0.4, -0.2) is 23.4 Å². The standard InChI is InChI=1S/C15H22N4O/c1-10-7-5-6-8-12(10)17-13(9-16)14-11(2)18-19(3)15(14)20-4/h5-8,13,17H,9,16H2,1-4H3. The second kappa shape index (κ2) is 5.96. The first-order chi connectivity index (χ1) is 9.58. The molecule has 2 aromatic rings. The number of hydrogen-bond donors (Lipinski definition) is 2. The van der Waals surface area contributed by atoms with Gasteiger partial charge in [-0.25, -0.2) is 4.68 Å². The van der Waals surface area contributed by atoms with Crippen LogP contribution in [0.3, 0.4) is 0 Å². The molecule has 1 aromatic heterocycles. The molecule has 0 aliphatic carbocycles. The molecule has 1 unspecified atom stereocenters. The predicted octanol–water partition coefficient (Wildman–Crippen LogP) is 2.16. The van der Waals surface area contributed by atoms with Crippen LogP contribution in [0.25, 0.3) is 0 Å². The van der Waals surface area contributed by atoms with E-state index in [1.54, 1.807) is 11.8 Å². The van der Waals surface area contributed by atoms with Crippen LogP contribution in [0.4, 0.5) is 5.69 Å². The molecule has 0 radical (unpaired) electrons. The molecule has 1 heterocycles. The molecule has 0 saturated carbocycles. The topological polar surface area (TPSA) is 65.1 Å². The second-order valence-electron chi connectivity index (χ2n) is 4.88. The van der Waals surface area contributed by atoms with E-state index in [2.05, 4.69) is 29.5 Å². The van der Waals surface area contributed by atoms with Gasteiger partial charge in [-0.3, -0.25) is 0 Å². The number of hydrogen-bond acceptors (Lipinski definition) is 4. The number of nitrogens with zero attached hydrogens (tertiary/aromatic N) is 2. The van der Waals surface area contributed by atoms with Crippen molar-refractivity contribution in [2.45, 2.75) is 19.9 Å². The Balaban J connectivity index is 2.36. The van der Waals surface area contributed by atoms with Gasteiger partial charge in [0.15, 0.2) is 0 Å². The van der Waals surface area contributed by atoms with Crippen molar-refractivity contribution in [2.75, 3.05) is 19.0 Å². The van der Waals surface area contributed by atoms with Gasteiger partial charge in [0.1, 0.15) is 0 Å². The van der Waals surface area contributed by atoms with E-state index < -0.39 is 0 Å². The summed E-state index contributed by atoms with van der Waals surface area (Å²) in [6.07, 6.45) is 0. The first-order valence-corrected chi connectivity index (χ1v) is 6.68. The van der Waals surface area contributed by atoms with E-state index >= 15 is 0 Å².